The molecule has 0 unspecified atom stereocenters. The number of nitrogens with zero attached hydrogens (tertiary/aromatic N) is 4. The summed E-state index contributed by atoms with van der Waals surface area (Å²) in [5, 5.41) is 4.81. The van der Waals surface area contributed by atoms with E-state index < -0.39 is 0 Å². The molecule has 29 heavy (non-hydrogen) atoms. The largest absolute Gasteiger partial charge is 0.380 e. The monoisotopic (exact) mass is 413 g/mol. The number of aromatic nitrogens is 4. The average molecular weight is 414 g/mol. The van der Waals surface area contributed by atoms with E-state index in [9.17, 15) is 0 Å². The van der Waals surface area contributed by atoms with Gasteiger partial charge < -0.3 is 10.5 Å². The molecule has 0 radical (unpaired) electrons. The molecule has 2 aromatic heterocycles. The third-order valence-corrected chi connectivity index (χ3v) is 5.56. The number of hydrogen-bond acceptors (Lipinski definition) is 5. The zero-order chi connectivity index (χ0) is 19.3. The van der Waals surface area contributed by atoms with Crippen LogP contribution in [0.3, 0.4) is 0 Å². The van der Waals surface area contributed by atoms with E-state index in [-0.39, 0.29) is 24.6 Å². The molecule has 3 atom stereocenters. The van der Waals surface area contributed by atoms with Gasteiger partial charge in [0.25, 0.3) is 0 Å². The second-order valence-electron chi connectivity index (χ2n) is 7.42. The number of rotatable bonds is 6. The van der Waals surface area contributed by atoms with Gasteiger partial charge in [-0.1, -0.05) is 36.4 Å². The minimum atomic E-state index is 0. The maximum atomic E-state index is 6.22. The number of ether oxygens (including phenoxy) is 1. The van der Waals surface area contributed by atoms with Crippen LogP contribution in [0.15, 0.2) is 54.7 Å². The first kappa shape index (κ1) is 21.4. The van der Waals surface area contributed by atoms with Gasteiger partial charge in [0.05, 0.1) is 6.10 Å². The van der Waals surface area contributed by atoms with Gasteiger partial charge in [0.1, 0.15) is 11.5 Å². The molecule has 1 aliphatic carbocycles. The fourth-order valence-electron chi connectivity index (χ4n) is 3.96. The Labute approximate surface area is 177 Å². The molecule has 2 N–H and O–H groups in total. The molecule has 4 rings (SSSR count). The lowest BCUT2D eigenvalue weighted by Gasteiger charge is -2.32. The van der Waals surface area contributed by atoms with Crippen molar-refractivity contribution >= 4 is 12.4 Å². The molecule has 7 heteroatoms. The van der Waals surface area contributed by atoms with E-state index in [4.69, 9.17) is 20.6 Å². The molecular weight excluding hydrogens is 386 g/mol. The Morgan fingerprint density at radius 1 is 1.10 bits per heavy atom. The fourth-order valence-corrected chi connectivity index (χ4v) is 3.96. The van der Waals surface area contributed by atoms with Crippen molar-refractivity contribution in [3.8, 4) is 11.5 Å². The van der Waals surface area contributed by atoms with Crippen LogP contribution in [0, 0.1) is 0 Å². The summed E-state index contributed by atoms with van der Waals surface area (Å²) in [6.07, 6.45) is 5.58. The highest BCUT2D eigenvalue weighted by Gasteiger charge is 2.32. The van der Waals surface area contributed by atoms with Crippen molar-refractivity contribution in [2.24, 2.45) is 5.73 Å². The Morgan fingerprint density at radius 3 is 2.62 bits per heavy atom. The number of pyridine rings is 1. The van der Waals surface area contributed by atoms with Gasteiger partial charge in [0.15, 0.2) is 5.82 Å². The van der Waals surface area contributed by atoms with Gasteiger partial charge in [-0.25, -0.2) is 9.67 Å². The number of benzene rings is 1. The van der Waals surface area contributed by atoms with Crippen molar-refractivity contribution in [1.82, 2.24) is 19.7 Å². The highest BCUT2D eigenvalue weighted by atomic mass is 35.5. The Hall–Kier alpha value is -2.28. The van der Waals surface area contributed by atoms with Crippen molar-refractivity contribution in [3.63, 3.8) is 0 Å². The van der Waals surface area contributed by atoms with Gasteiger partial charge in [0, 0.05) is 31.8 Å². The summed E-state index contributed by atoms with van der Waals surface area (Å²) in [5.41, 5.74) is 8.32. The van der Waals surface area contributed by atoms with E-state index in [0.29, 0.717) is 11.7 Å². The van der Waals surface area contributed by atoms with Crippen LogP contribution >= 0.6 is 12.4 Å². The first-order valence-corrected chi connectivity index (χ1v) is 9.93. The van der Waals surface area contributed by atoms with Crippen molar-refractivity contribution in [1.29, 1.82) is 0 Å². The predicted octanol–water partition coefficient (Wildman–Crippen LogP) is 3.61. The van der Waals surface area contributed by atoms with E-state index in [2.05, 4.69) is 33.9 Å². The molecule has 1 fully saturated rings. The second-order valence-corrected chi connectivity index (χ2v) is 7.42. The van der Waals surface area contributed by atoms with Crippen molar-refractivity contribution in [2.75, 3.05) is 7.11 Å². The zero-order valence-electron chi connectivity index (χ0n) is 16.6. The van der Waals surface area contributed by atoms with Gasteiger partial charge in [-0.15, -0.1) is 17.5 Å². The van der Waals surface area contributed by atoms with E-state index in [1.54, 1.807) is 13.3 Å². The van der Waals surface area contributed by atoms with Crippen molar-refractivity contribution in [3.05, 3.63) is 66.1 Å². The summed E-state index contributed by atoms with van der Waals surface area (Å²) in [7, 11) is 1.74. The maximum absolute atomic E-state index is 6.22. The zero-order valence-corrected chi connectivity index (χ0v) is 17.5. The van der Waals surface area contributed by atoms with E-state index in [1.165, 1.54) is 5.56 Å². The van der Waals surface area contributed by atoms with Crippen LogP contribution in [-0.4, -0.2) is 39.0 Å². The Balaban J connectivity index is 0.00000240. The number of aryl methyl sites for hydroxylation is 2. The summed E-state index contributed by atoms with van der Waals surface area (Å²) < 4.78 is 7.68. The lowest BCUT2D eigenvalue weighted by Crippen LogP contribution is -2.41. The van der Waals surface area contributed by atoms with Crippen molar-refractivity contribution in [2.45, 2.75) is 50.3 Å². The van der Waals surface area contributed by atoms with Crippen LogP contribution in [0.25, 0.3) is 11.5 Å². The number of halogens is 1. The smallest absolute Gasteiger partial charge is 0.200 e. The topological polar surface area (TPSA) is 78.9 Å². The van der Waals surface area contributed by atoms with E-state index in [1.807, 2.05) is 24.3 Å². The highest BCUT2D eigenvalue weighted by molar-refractivity contribution is 5.85. The van der Waals surface area contributed by atoms with Gasteiger partial charge in [0.2, 0.25) is 0 Å². The molecule has 1 saturated carbocycles. The average Bonchev–Trinajstić information content (AvgIpc) is 3.18. The molecule has 1 aliphatic rings. The van der Waals surface area contributed by atoms with Crippen LogP contribution in [0.2, 0.25) is 0 Å². The molecule has 0 spiro atoms. The molecule has 154 valence electrons. The normalized spacial score (nSPS) is 21.5. The Morgan fingerprint density at radius 2 is 1.90 bits per heavy atom. The molecule has 0 saturated heterocycles. The summed E-state index contributed by atoms with van der Waals surface area (Å²) in [6.45, 7) is 0.791. The summed E-state index contributed by atoms with van der Waals surface area (Å²) in [4.78, 5) is 9.33. The standard InChI is InChI=1S/C22H27N5O.ClH/c1-28-20-15-17(10-11-18(20)23)22-25-21(19-9-5-6-13-24-19)26-27(22)14-12-16-7-3-2-4-8-16;/h2-9,13,17-18,20H,10-12,14-15,23H2,1H3;1H/t17-,18-,20-;/m0./s1. The highest BCUT2D eigenvalue weighted by Crippen LogP contribution is 2.33. The van der Waals surface area contributed by atoms with Crippen LogP contribution in [0.5, 0.6) is 0 Å². The maximum Gasteiger partial charge on any atom is 0.200 e. The molecule has 3 aromatic rings. The van der Waals surface area contributed by atoms with E-state index in [0.717, 1.165) is 43.7 Å². The number of nitrogens with two attached hydrogens (primary N) is 1. The third kappa shape index (κ3) is 5.01. The second kappa shape index (κ2) is 9.96. The molecular formula is C22H28ClN5O. The number of methoxy groups -OCH3 is 1. The minimum absolute atomic E-state index is 0. The molecule has 0 aliphatic heterocycles. The predicted molar refractivity (Wildman–Crippen MR) is 116 cm³/mol. The molecule has 1 aromatic carbocycles. The van der Waals surface area contributed by atoms with Crippen LogP contribution in [0.1, 0.15) is 36.6 Å². The fraction of sp³-hybridized carbons (Fsp3) is 0.409. The molecule has 6 nitrogen and oxygen atoms in total. The number of hydrogen-bond donors (Lipinski definition) is 1. The molecule has 2 heterocycles. The quantitative estimate of drug-likeness (QED) is 0.667. The summed E-state index contributed by atoms with van der Waals surface area (Å²) in [6, 6.07) is 16.4. The Kier molecular flexibility index (Phi) is 7.36. The first-order chi connectivity index (χ1) is 13.7. The molecule has 0 bridgehead atoms. The Bertz CT molecular complexity index is 887. The summed E-state index contributed by atoms with van der Waals surface area (Å²) >= 11 is 0. The van der Waals surface area contributed by atoms with Crippen LogP contribution < -0.4 is 5.73 Å². The van der Waals surface area contributed by atoms with Gasteiger partial charge in [-0.2, -0.15) is 0 Å². The summed E-state index contributed by atoms with van der Waals surface area (Å²) in [5.74, 6) is 2.00. The van der Waals surface area contributed by atoms with E-state index >= 15 is 0 Å². The third-order valence-electron chi connectivity index (χ3n) is 5.56. The lowest BCUT2D eigenvalue weighted by atomic mass is 9.83. The first-order valence-electron chi connectivity index (χ1n) is 9.93. The minimum Gasteiger partial charge on any atom is -0.380 e. The van der Waals surface area contributed by atoms with Gasteiger partial charge in [-0.3, -0.25) is 4.98 Å². The lowest BCUT2D eigenvalue weighted by molar-refractivity contribution is 0.0455. The molecule has 0 amide bonds. The van der Waals surface area contributed by atoms with Crippen molar-refractivity contribution < 1.29 is 4.74 Å². The SMILES string of the molecule is CO[C@H]1C[C@@H](c2nc(-c3ccccn3)nn2CCc2ccccc2)CC[C@@H]1N.Cl. The van der Waals surface area contributed by atoms with Crippen LogP contribution in [-0.2, 0) is 17.7 Å². The van der Waals surface area contributed by atoms with Gasteiger partial charge >= 0.3 is 0 Å². The van der Waals surface area contributed by atoms with Gasteiger partial charge in [-0.05, 0) is 43.4 Å². The van der Waals surface area contributed by atoms with Crippen LogP contribution in [0.4, 0.5) is 0 Å².